The Morgan fingerprint density at radius 2 is 1.53 bits per heavy atom. The molecule has 2 aromatic carbocycles. The first kappa shape index (κ1) is 23.1. The molecule has 2 aromatic rings. The number of carbonyl (C=O) groups excluding carboxylic acids is 2. The number of benzene rings is 2. The molecule has 7 heteroatoms. The molecule has 0 saturated heterocycles. The lowest BCUT2D eigenvalue weighted by Gasteiger charge is -2.21. The molecule has 0 heterocycles. The second kappa shape index (κ2) is 10.5. The molecule has 1 atom stereocenters. The molecule has 0 aromatic heterocycles. The highest BCUT2D eigenvalue weighted by molar-refractivity contribution is 5.96. The molecule has 0 unspecified atom stereocenters. The van der Waals surface area contributed by atoms with Crippen molar-refractivity contribution >= 4 is 11.9 Å². The van der Waals surface area contributed by atoms with Crippen LogP contribution in [0.15, 0.2) is 36.4 Å². The molecular formula is C23H29NO6. The van der Waals surface area contributed by atoms with E-state index in [0.717, 1.165) is 11.1 Å². The fraction of sp³-hybridized carbons (Fsp3) is 0.391. The normalized spacial score (nSPS) is 11.6. The largest absolute Gasteiger partial charge is 0.497 e. The van der Waals surface area contributed by atoms with Crippen molar-refractivity contribution in [1.29, 1.82) is 0 Å². The van der Waals surface area contributed by atoms with Gasteiger partial charge < -0.3 is 24.3 Å². The van der Waals surface area contributed by atoms with Crippen LogP contribution < -0.4 is 19.5 Å². The molecule has 0 aliphatic heterocycles. The highest BCUT2D eigenvalue weighted by Gasteiger charge is 2.26. The number of hydrogen-bond acceptors (Lipinski definition) is 6. The maximum absolute atomic E-state index is 12.7. The van der Waals surface area contributed by atoms with Crippen molar-refractivity contribution in [2.24, 2.45) is 5.92 Å². The van der Waals surface area contributed by atoms with Crippen LogP contribution in [0.25, 0.3) is 0 Å². The van der Waals surface area contributed by atoms with Crippen LogP contribution in [0.3, 0.4) is 0 Å². The summed E-state index contributed by atoms with van der Waals surface area (Å²) in [5.41, 5.74) is 2.14. The fourth-order valence-electron chi connectivity index (χ4n) is 2.88. The van der Waals surface area contributed by atoms with Crippen LogP contribution in [-0.4, -0.2) is 39.2 Å². The molecule has 0 saturated carbocycles. The lowest BCUT2D eigenvalue weighted by Crippen LogP contribution is -2.45. The van der Waals surface area contributed by atoms with E-state index < -0.39 is 12.0 Å². The van der Waals surface area contributed by atoms with Crippen LogP contribution in [-0.2, 0) is 16.1 Å². The average Bonchev–Trinajstić information content (AvgIpc) is 2.75. The van der Waals surface area contributed by atoms with Gasteiger partial charge in [-0.05, 0) is 60.4 Å². The van der Waals surface area contributed by atoms with Gasteiger partial charge in [0, 0.05) is 5.56 Å². The monoisotopic (exact) mass is 415 g/mol. The van der Waals surface area contributed by atoms with Crippen LogP contribution >= 0.6 is 0 Å². The standard InChI is InChI=1S/C23H29NO6/c1-14(2)21(24-22(25)16-7-9-18(27-4)10-8-16)23(26)30-13-17-12-20(29-6)19(28-5)11-15(17)3/h7-12,14,21H,13H2,1-6H3,(H,24,25)/t21-/m0/s1. The zero-order valence-corrected chi connectivity index (χ0v) is 18.3. The van der Waals surface area contributed by atoms with Gasteiger partial charge in [-0.1, -0.05) is 13.8 Å². The number of nitrogens with one attached hydrogen (secondary N) is 1. The minimum atomic E-state index is -0.778. The van der Waals surface area contributed by atoms with Crippen molar-refractivity contribution in [3.05, 3.63) is 53.1 Å². The summed E-state index contributed by atoms with van der Waals surface area (Å²) in [6, 6.07) is 9.50. The second-order valence-electron chi connectivity index (χ2n) is 7.17. The number of hydrogen-bond donors (Lipinski definition) is 1. The van der Waals surface area contributed by atoms with Gasteiger partial charge in [-0.2, -0.15) is 0 Å². The van der Waals surface area contributed by atoms with Crippen molar-refractivity contribution in [3.63, 3.8) is 0 Å². The molecule has 0 aliphatic rings. The molecule has 1 N–H and O–H groups in total. The molecular weight excluding hydrogens is 386 g/mol. The number of carbonyl (C=O) groups is 2. The minimum Gasteiger partial charge on any atom is -0.497 e. The molecule has 2 rings (SSSR count). The van der Waals surface area contributed by atoms with Gasteiger partial charge in [-0.3, -0.25) is 4.79 Å². The van der Waals surface area contributed by atoms with Crippen molar-refractivity contribution in [2.45, 2.75) is 33.4 Å². The maximum Gasteiger partial charge on any atom is 0.329 e. The third-order valence-electron chi connectivity index (χ3n) is 4.77. The lowest BCUT2D eigenvalue weighted by atomic mass is 10.0. The van der Waals surface area contributed by atoms with E-state index in [1.54, 1.807) is 51.7 Å². The molecule has 30 heavy (non-hydrogen) atoms. The Balaban J connectivity index is 2.07. The van der Waals surface area contributed by atoms with Crippen LogP contribution in [0.4, 0.5) is 0 Å². The Morgan fingerprint density at radius 3 is 2.07 bits per heavy atom. The zero-order chi connectivity index (χ0) is 22.3. The molecule has 0 aliphatic carbocycles. The number of amides is 1. The topological polar surface area (TPSA) is 83.1 Å². The summed E-state index contributed by atoms with van der Waals surface area (Å²) in [4.78, 5) is 25.3. The van der Waals surface area contributed by atoms with E-state index in [4.69, 9.17) is 18.9 Å². The van der Waals surface area contributed by atoms with E-state index in [-0.39, 0.29) is 18.4 Å². The van der Waals surface area contributed by atoms with Gasteiger partial charge >= 0.3 is 5.97 Å². The Hall–Kier alpha value is -3.22. The quantitative estimate of drug-likeness (QED) is 0.631. The molecule has 162 valence electrons. The van der Waals surface area contributed by atoms with E-state index in [1.165, 1.54) is 0 Å². The van der Waals surface area contributed by atoms with Crippen LogP contribution in [0, 0.1) is 12.8 Å². The Bertz CT molecular complexity index is 876. The van der Waals surface area contributed by atoms with Gasteiger partial charge in [0.1, 0.15) is 18.4 Å². The highest BCUT2D eigenvalue weighted by Crippen LogP contribution is 2.30. The van der Waals surface area contributed by atoms with Gasteiger partial charge in [0.25, 0.3) is 5.91 Å². The fourth-order valence-corrected chi connectivity index (χ4v) is 2.88. The Morgan fingerprint density at radius 1 is 0.933 bits per heavy atom. The number of ether oxygens (including phenoxy) is 4. The summed E-state index contributed by atoms with van der Waals surface area (Å²) in [6.45, 7) is 5.66. The van der Waals surface area contributed by atoms with Gasteiger partial charge in [0.2, 0.25) is 0 Å². The summed E-state index contributed by atoms with van der Waals surface area (Å²) in [5.74, 6) is 0.818. The Kier molecular flexibility index (Phi) is 8.09. The molecule has 0 bridgehead atoms. The zero-order valence-electron chi connectivity index (χ0n) is 18.3. The van der Waals surface area contributed by atoms with E-state index in [2.05, 4.69) is 5.32 Å². The smallest absolute Gasteiger partial charge is 0.329 e. The van der Waals surface area contributed by atoms with Crippen molar-refractivity contribution in [1.82, 2.24) is 5.32 Å². The first-order valence-corrected chi connectivity index (χ1v) is 9.63. The molecule has 0 radical (unpaired) electrons. The molecule has 7 nitrogen and oxygen atoms in total. The predicted octanol–water partition coefficient (Wildman–Crippen LogP) is 3.52. The summed E-state index contributed by atoms with van der Waals surface area (Å²) >= 11 is 0. The number of esters is 1. The van der Waals surface area contributed by atoms with E-state index >= 15 is 0 Å². The first-order chi connectivity index (χ1) is 14.3. The number of methoxy groups -OCH3 is 3. The molecule has 0 fully saturated rings. The highest BCUT2D eigenvalue weighted by atomic mass is 16.5. The summed E-state index contributed by atoms with van der Waals surface area (Å²) in [5, 5.41) is 2.76. The van der Waals surface area contributed by atoms with Gasteiger partial charge in [-0.25, -0.2) is 4.79 Å². The van der Waals surface area contributed by atoms with Crippen LogP contribution in [0.5, 0.6) is 17.2 Å². The van der Waals surface area contributed by atoms with Crippen LogP contribution in [0.2, 0.25) is 0 Å². The third kappa shape index (κ3) is 5.65. The third-order valence-corrected chi connectivity index (χ3v) is 4.77. The van der Waals surface area contributed by atoms with Crippen molar-refractivity contribution < 1.29 is 28.5 Å². The van der Waals surface area contributed by atoms with Crippen molar-refractivity contribution in [2.75, 3.05) is 21.3 Å². The predicted molar refractivity (Wildman–Crippen MR) is 113 cm³/mol. The lowest BCUT2D eigenvalue weighted by molar-refractivity contribution is -0.148. The van der Waals surface area contributed by atoms with Crippen LogP contribution in [0.1, 0.15) is 35.3 Å². The number of aryl methyl sites for hydroxylation is 1. The second-order valence-corrected chi connectivity index (χ2v) is 7.17. The average molecular weight is 415 g/mol. The van der Waals surface area contributed by atoms with Gasteiger partial charge in [-0.15, -0.1) is 0 Å². The van der Waals surface area contributed by atoms with Crippen molar-refractivity contribution in [3.8, 4) is 17.2 Å². The van der Waals surface area contributed by atoms with Gasteiger partial charge in [0.05, 0.1) is 21.3 Å². The number of rotatable bonds is 9. The SMILES string of the molecule is COc1ccc(C(=O)N[C@H](C(=O)OCc2cc(OC)c(OC)cc2C)C(C)C)cc1. The van der Waals surface area contributed by atoms with E-state index in [0.29, 0.717) is 22.8 Å². The summed E-state index contributed by atoms with van der Waals surface area (Å²) in [6.07, 6.45) is 0. The maximum atomic E-state index is 12.7. The van der Waals surface area contributed by atoms with E-state index in [1.807, 2.05) is 26.8 Å². The first-order valence-electron chi connectivity index (χ1n) is 9.63. The molecule has 0 spiro atoms. The molecule has 1 amide bonds. The minimum absolute atomic E-state index is 0.0622. The Labute approximate surface area is 177 Å². The summed E-state index contributed by atoms with van der Waals surface area (Å²) < 4.78 is 21.2. The van der Waals surface area contributed by atoms with Gasteiger partial charge in [0.15, 0.2) is 11.5 Å². The van der Waals surface area contributed by atoms with E-state index in [9.17, 15) is 9.59 Å². The summed E-state index contributed by atoms with van der Waals surface area (Å²) in [7, 11) is 4.67.